The number of anilines is 2. The number of nitrogens with two attached hydrogens (primary N) is 1. The number of halogens is 1. The molecule has 1 aromatic heterocycles. The molecule has 1 atom stereocenters. The maximum atomic E-state index is 12.4. The Morgan fingerprint density at radius 3 is 2.86 bits per heavy atom. The van der Waals surface area contributed by atoms with Crippen molar-refractivity contribution in [3.8, 4) is 0 Å². The fourth-order valence-corrected chi connectivity index (χ4v) is 3.34. The van der Waals surface area contributed by atoms with Crippen LogP contribution in [0.5, 0.6) is 0 Å². The Balaban J connectivity index is 1.59. The van der Waals surface area contributed by atoms with Gasteiger partial charge in [0.05, 0.1) is 0 Å². The van der Waals surface area contributed by atoms with Crippen LogP contribution in [0.1, 0.15) is 32.1 Å². The lowest BCUT2D eigenvalue weighted by Gasteiger charge is -2.21. The van der Waals surface area contributed by atoms with Crippen LogP contribution in [0.15, 0.2) is 6.33 Å². The SMILES string of the molecule is Nc1ncnc(N[C@H]2CCN(C(=O)C3CCCC3)C2)c1Cl. The molecule has 21 heavy (non-hydrogen) atoms. The number of aromatic nitrogens is 2. The number of carbonyl (C=O) groups excluding carboxylic acids is 1. The van der Waals surface area contributed by atoms with Gasteiger partial charge in [0.25, 0.3) is 0 Å². The second-order valence-electron chi connectivity index (χ2n) is 5.82. The third-order valence-electron chi connectivity index (χ3n) is 4.36. The Bertz CT molecular complexity index is 532. The molecule has 2 aliphatic rings. The van der Waals surface area contributed by atoms with Gasteiger partial charge in [0, 0.05) is 25.0 Å². The van der Waals surface area contributed by atoms with Crippen LogP contribution < -0.4 is 11.1 Å². The first kappa shape index (κ1) is 14.4. The summed E-state index contributed by atoms with van der Waals surface area (Å²) in [5, 5.41) is 3.61. The topological polar surface area (TPSA) is 84.1 Å². The lowest BCUT2D eigenvalue weighted by Crippen LogP contribution is -2.35. The highest BCUT2D eigenvalue weighted by molar-refractivity contribution is 6.35. The smallest absolute Gasteiger partial charge is 0.225 e. The second kappa shape index (κ2) is 6.05. The van der Waals surface area contributed by atoms with E-state index in [0.29, 0.717) is 23.3 Å². The fraction of sp³-hybridized carbons (Fsp3) is 0.643. The highest BCUT2D eigenvalue weighted by Gasteiger charge is 2.32. The van der Waals surface area contributed by atoms with Crippen molar-refractivity contribution >= 4 is 29.1 Å². The summed E-state index contributed by atoms with van der Waals surface area (Å²) < 4.78 is 0. The molecule has 0 bridgehead atoms. The van der Waals surface area contributed by atoms with Crippen LogP contribution in [0.25, 0.3) is 0 Å². The molecule has 0 spiro atoms. The molecule has 0 aromatic carbocycles. The first-order valence-corrected chi connectivity index (χ1v) is 7.84. The van der Waals surface area contributed by atoms with Gasteiger partial charge in [-0.3, -0.25) is 4.79 Å². The normalized spacial score (nSPS) is 22.7. The molecule has 3 N–H and O–H groups in total. The van der Waals surface area contributed by atoms with Gasteiger partial charge in [0.15, 0.2) is 5.82 Å². The number of nitrogens with one attached hydrogen (secondary N) is 1. The summed E-state index contributed by atoms with van der Waals surface area (Å²) in [7, 11) is 0. The molecule has 1 aromatic rings. The lowest BCUT2D eigenvalue weighted by molar-refractivity contribution is -0.134. The molecule has 2 fully saturated rings. The van der Waals surface area contributed by atoms with Gasteiger partial charge >= 0.3 is 0 Å². The van der Waals surface area contributed by atoms with Gasteiger partial charge < -0.3 is 16.0 Å². The summed E-state index contributed by atoms with van der Waals surface area (Å²) in [6, 6.07) is 0.169. The first-order valence-electron chi connectivity index (χ1n) is 7.46. The van der Waals surface area contributed by atoms with Gasteiger partial charge in [-0.1, -0.05) is 24.4 Å². The van der Waals surface area contributed by atoms with Crippen molar-refractivity contribution in [3.63, 3.8) is 0 Å². The van der Waals surface area contributed by atoms with Gasteiger partial charge in [-0.25, -0.2) is 9.97 Å². The molecule has 0 unspecified atom stereocenters. The summed E-state index contributed by atoms with van der Waals surface area (Å²) in [4.78, 5) is 22.3. The van der Waals surface area contributed by atoms with E-state index in [1.54, 1.807) is 0 Å². The van der Waals surface area contributed by atoms with Crippen molar-refractivity contribution < 1.29 is 4.79 Å². The number of rotatable bonds is 3. The van der Waals surface area contributed by atoms with Crippen molar-refractivity contribution in [1.29, 1.82) is 0 Å². The number of hydrogen-bond donors (Lipinski definition) is 2. The van der Waals surface area contributed by atoms with E-state index in [1.807, 2.05) is 4.90 Å². The van der Waals surface area contributed by atoms with Crippen LogP contribution >= 0.6 is 11.6 Å². The number of nitrogen functional groups attached to an aromatic ring is 1. The van der Waals surface area contributed by atoms with Crippen molar-refractivity contribution in [2.24, 2.45) is 5.92 Å². The summed E-state index contributed by atoms with van der Waals surface area (Å²) in [6.07, 6.45) is 6.74. The summed E-state index contributed by atoms with van der Waals surface area (Å²) in [5.74, 6) is 1.36. The van der Waals surface area contributed by atoms with Crippen molar-refractivity contribution in [1.82, 2.24) is 14.9 Å². The summed E-state index contributed by atoms with van der Waals surface area (Å²) >= 11 is 6.08. The summed E-state index contributed by atoms with van der Waals surface area (Å²) in [6.45, 7) is 1.50. The van der Waals surface area contributed by atoms with Gasteiger partial charge in [-0.2, -0.15) is 0 Å². The van der Waals surface area contributed by atoms with E-state index in [4.69, 9.17) is 17.3 Å². The Morgan fingerprint density at radius 2 is 2.10 bits per heavy atom. The number of likely N-dealkylation sites (tertiary alicyclic amines) is 1. The molecular formula is C14H20ClN5O. The molecule has 7 heteroatoms. The standard InChI is InChI=1S/C14H20ClN5O/c15-11-12(16)17-8-18-13(11)19-10-5-6-20(7-10)14(21)9-3-1-2-4-9/h8-10H,1-7H2,(H3,16,17,18,19)/t10-/m0/s1. The Kier molecular flexibility index (Phi) is 4.14. The molecule has 3 rings (SSSR count). The van der Waals surface area contributed by atoms with E-state index in [2.05, 4.69) is 15.3 Å². The molecule has 1 aliphatic heterocycles. The molecule has 0 radical (unpaired) electrons. The van der Waals surface area contributed by atoms with E-state index in [0.717, 1.165) is 25.8 Å². The predicted molar refractivity (Wildman–Crippen MR) is 82.0 cm³/mol. The number of carbonyl (C=O) groups is 1. The van der Waals surface area contributed by atoms with Crippen molar-refractivity contribution in [2.75, 3.05) is 24.1 Å². The fourth-order valence-electron chi connectivity index (χ4n) is 3.19. The Labute approximate surface area is 129 Å². The molecule has 2 heterocycles. The largest absolute Gasteiger partial charge is 0.382 e. The highest BCUT2D eigenvalue weighted by Crippen LogP contribution is 2.29. The lowest BCUT2D eigenvalue weighted by atomic mass is 10.1. The van der Waals surface area contributed by atoms with E-state index < -0.39 is 0 Å². The summed E-state index contributed by atoms with van der Waals surface area (Å²) in [5.41, 5.74) is 5.67. The molecule has 1 saturated carbocycles. The third kappa shape index (κ3) is 3.05. The molecular weight excluding hydrogens is 290 g/mol. The van der Waals surface area contributed by atoms with Crippen molar-refractivity contribution in [3.05, 3.63) is 11.3 Å². The minimum absolute atomic E-state index is 0.169. The van der Waals surface area contributed by atoms with Crippen molar-refractivity contribution in [2.45, 2.75) is 38.1 Å². The molecule has 114 valence electrons. The van der Waals surface area contributed by atoms with Gasteiger partial charge in [-0.05, 0) is 19.3 Å². The second-order valence-corrected chi connectivity index (χ2v) is 6.20. The van der Waals surface area contributed by atoms with E-state index >= 15 is 0 Å². The predicted octanol–water partition coefficient (Wildman–Crippen LogP) is 1.92. The minimum Gasteiger partial charge on any atom is -0.382 e. The number of nitrogens with zero attached hydrogens (tertiary/aromatic N) is 3. The number of amides is 1. The van der Waals surface area contributed by atoms with Crippen LogP contribution in [0.3, 0.4) is 0 Å². The number of hydrogen-bond acceptors (Lipinski definition) is 5. The zero-order valence-electron chi connectivity index (χ0n) is 11.9. The van der Waals surface area contributed by atoms with Crippen LogP contribution in [0, 0.1) is 5.92 Å². The van der Waals surface area contributed by atoms with Gasteiger partial charge in [-0.15, -0.1) is 0 Å². The zero-order chi connectivity index (χ0) is 14.8. The average Bonchev–Trinajstić information content (AvgIpc) is 3.15. The third-order valence-corrected chi connectivity index (χ3v) is 4.73. The minimum atomic E-state index is 0.169. The van der Waals surface area contributed by atoms with Gasteiger partial charge in [0.2, 0.25) is 5.91 Å². The maximum Gasteiger partial charge on any atom is 0.225 e. The van der Waals surface area contributed by atoms with Crippen LogP contribution in [0.4, 0.5) is 11.6 Å². The van der Waals surface area contributed by atoms with E-state index in [-0.39, 0.29) is 17.8 Å². The molecule has 1 amide bonds. The van der Waals surface area contributed by atoms with E-state index in [1.165, 1.54) is 19.2 Å². The Morgan fingerprint density at radius 1 is 1.33 bits per heavy atom. The first-order chi connectivity index (χ1) is 10.1. The van der Waals surface area contributed by atoms with Crippen LogP contribution in [0.2, 0.25) is 5.02 Å². The molecule has 1 saturated heterocycles. The maximum absolute atomic E-state index is 12.4. The highest BCUT2D eigenvalue weighted by atomic mass is 35.5. The molecule has 1 aliphatic carbocycles. The monoisotopic (exact) mass is 309 g/mol. The average molecular weight is 310 g/mol. The van der Waals surface area contributed by atoms with Crippen LogP contribution in [-0.2, 0) is 4.79 Å². The van der Waals surface area contributed by atoms with E-state index in [9.17, 15) is 4.79 Å². The van der Waals surface area contributed by atoms with Crippen LogP contribution in [-0.4, -0.2) is 39.9 Å². The quantitative estimate of drug-likeness (QED) is 0.891. The van der Waals surface area contributed by atoms with Gasteiger partial charge in [0.1, 0.15) is 17.2 Å². The Hall–Kier alpha value is -1.56. The zero-order valence-corrected chi connectivity index (χ0v) is 12.6. The molecule has 6 nitrogen and oxygen atoms in total.